The van der Waals surface area contributed by atoms with Gasteiger partial charge < -0.3 is 0 Å². The van der Waals surface area contributed by atoms with Crippen LogP contribution in [0.25, 0.3) is 0 Å². The topological polar surface area (TPSA) is 17.1 Å². The van der Waals surface area contributed by atoms with Gasteiger partial charge in [-0.2, -0.15) is 0 Å². The zero-order valence-corrected chi connectivity index (χ0v) is 7.82. The molecule has 62 valence electrons. The molecule has 0 saturated carbocycles. The standard InChI is InChI=1S/C8H10Cl2O/c1-8(7(9)10)5-3-2-4-6(8)11/h3,5,7H,2,4H2,1H3. The molecule has 0 aromatic heterocycles. The lowest BCUT2D eigenvalue weighted by Crippen LogP contribution is -2.33. The summed E-state index contributed by atoms with van der Waals surface area (Å²) in [7, 11) is 0. The third-order valence-corrected chi connectivity index (χ3v) is 2.96. The highest BCUT2D eigenvalue weighted by Crippen LogP contribution is 2.35. The van der Waals surface area contributed by atoms with E-state index in [1.165, 1.54) is 0 Å². The molecule has 0 saturated heterocycles. The molecular formula is C8H10Cl2O. The molecule has 0 spiro atoms. The zero-order valence-electron chi connectivity index (χ0n) is 6.31. The van der Waals surface area contributed by atoms with Crippen molar-refractivity contribution < 1.29 is 4.79 Å². The predicted octanol–water partition coefficient (Wildman–Crippen LogP) is 2.72. The lowest BCUT2D eigenvalue weighted by molar-refractivity contribution is -0.125. The van der Waals surface area contributed by atoms with E-state index in [1.807, 2.05) is 12.2 Å². The van der Waals surface area contributed by atoms with E-state index < -0.39 is 10.3 Å². The minimum atomic E-state index is -0.651. The van der Waals surface area contributed by atoms with Crippen LogP contribution in [0.2, 0.25) is 0 Å². The van der Waals surface area contributed by atoms with E-state index in [-0.39, 0.29) is 5.78 Å². The van der Waals surface area contributed by atoms with E-state index in [0.717, 1.165) is 6.42 Å². The Morgan fingerprint density at radius 1 is 1.64 bits per heavy atom. The van der Waals surface area contributed by atoms with Crippen molar-refractivity contribution in [2.45, 2.75) is 24.6 Å². The summed E-state index contributed by atoms with van der Waals surface area (Å²) < 4.78 is 0. The molecule has 0 bridgehead atoms. The SMILES string of the molecule is CC1(C(Cl)Cl)C=CCCC1=O. The van der Waals surface area contributed by atoms with Crippen LogP contribution in [0.4, 0.5) is 0 Å². The van der Waals surface area contributed by atoms with Crippen molar-refractivity contribution in [1.82, 2.24) is 0 Å². The van der Waals surface area contributed by atoms with Gasteiger partial charge in [-0.15, -0.1) is 23.2 Å². The van der Waals surface area contributed by atoms with Crippen molar-refractivity contribution in [2.75, 3.05) is 0 Å². The lowest BCUT2D eigenvalue weighted by atomic mass is 9.81. The molecule has 0 aromatic carbocycles. The number of halogens is 2. The molecule has 0 N–H and O–H groups in total. The molecule has 1 rings (SSSR count). The third kappa shape index (κ3) is 1.60. The summed E-state index contributed by atoms with van der Waals surface area (Å²) in [6.45, 7) is 1.77. The van der Waals surface area contributed by atoms with Crippen LogP contribution in [0.1, 0.15) is 19.8 Å². The summed E-state index contributed by atoms with van der Waals surface area (Å²) in [6, 6.07) is 0. The number of alkyl halides is 2. The minimum Gasteiger partial charge on any atom is -0.299 e. The van der Waals surface area contributed by atoms with Gasteiger partial charge in [0.2, 0.25) is 0 Å². The Hall–Kier alpha value is -0.0100. The smallest absolute Gasteiger partial charge is 0.145 e. The van der Waals surface area contributed by atoms with Crippen molar-refractivity contribution in [2.24, 2.45) is 5.41 Å². The third-order valence-electron chi connectivity index (χ3n) is 2.06. The second-order valence-electron chi connectivity index (χ2n) is 2.95. The molecule has 0 heterocycles. The van der Waals surface area contributed by atoms with Gasteiger partial charge in [0.15, 0.2) is 0 Å². The van der Waals surface area contributed by atoms with Gasteiger partial charge in [0.1, 0.15) is 10.6 Å². The van der Waals surface area contributed by atoms with Gasteiger partial charge >= 0.3 is 0 Å². The van der Waals surface area contributed by atoms with Gasteiger partial charge in [0, 0.05) is 6.42 Å². The van der Waals surface area contributed by atoms with Crippen LogP contribution in [0.15, 0.2) is 12.2 Å². The van der Waals surface area contributed by atoms with Crippen LogP contribution in [0, 0.1) is 5.41 Å². The van der Waals surface area contributed by atoms with Crippen molar-refractivity contribution in [3.8, 4) is 0 Å². The molecule has 0 radical (unpaired) electrons. The molecule has 1 unspecified atom stereocenters. The molecule has 0 aromatic rings. The first-order chi connectivity index (χ1) is 5.07. The number of hydrogen-bond donors (Lipinski definition) is 0. The van der Waals surface area contributed by atoms with Crippen LogP contribution >= 0.6 is 23.2 Å². The van der Waals surface area contributed by atoms with E-state index in [2.05, 4.69) is 0 Å². The first kappa shape index (κ1) is 9.08. The van der Waals surface area contributed by atoms with Gasteiger partial charge in [-0.1, -0.05) is 12.2 Å². The average molecular weight is 193 g/mol. The Balaban J connectivity index is 2.89. The maximum atomic E-state index is 11.3. The van der Waals surface area contributed by atoms with Crippen molar-refractivity contribution in [1.29, 1.82) is 0 Å². The maximum absolute atomic E-state index is 11.3. The van der Waals surface area contributed by atoms with E-state index in [0.29, 0.717) is 6.42 Å². The lowest BCUT2D eigenvalue weighted by Gasteiger charge is -2.28. The average Bonchev–Trinajstić information content (AvgIpc) is 1.95. The zero-order chi connectivity index (χ0) is 8.48. The Labute approximate surface area is 76.4 Å². The van der Waals surface area contributed by atoms with Crippen molar-refractivity contribution in [3.05, 3.63) is 12.2 Å². The molecule has 1 nitrogen and oxygen atoms in total. The maximum Gasteiger partial charge on any atom is 0.145 e. The molecule has 0 amide bonds. The molecule has 0 fully saturated rings. The van der Waals surface area contributed by atoms with Crippen LogP contribution < -0.4 is 0 Å². The number of ketones is 1. The monoisotopic (exact) mass is 192 g/mol. The number of carbonyl (C=O) groups excluding carboxylic acids is 1. The summed E-state index contributed by atoms with van der Waals surface area (Å²) in [4.78, 5) is 10.7. The van der Waals surface area contributed by atoms with Crippen LogP contribution in [0.3, 0.4) is 0 Å². The number of carbonyl (C=O) groups is 1. The largest absolute Gasteiger partial charge is 0.299 e. The molecule has 1 atom stereocenters. The fraction of sp³-hybridized carbons (Fsp3) is 0.625. The van der Waals surface area contributed by atoms with Crippen LogP contribution in [-0.4, -0.2) is 10.6 Å². The Morgan fingerprint density at radius 2 is 2.27 bits per heavy atom. The van der Waals surface area contributed by atoms with Gasteiger partial charge in [-0.05, 0) is 13.3 Å². The highest BCUT2D eigenvalue weighted by molar-refractivity contribution is 6.46. The predicted molar refractivity (Wildman–Crippen MR) is 47.0 cm³/mol. The second-order valence-corrected chi connectivity index (χ2v) is 4.04. The van der Waals surface area contributed by atoms with E-state index in [4.69, 9.17) is 23.2 Å². The summed E-state index contributed by atoms with van der Waals surface area (Å²) in [5.41, 5.74) is -0.651. The van der Waals surface area contributed by atoms with E-state index >= 15 is 0 Å². The number of Topliss-reactive ketones (excluding diaryl/α,β-unsaturated/α-hetero) is 1. The van der Waals surface area contributed by atoms with Crippen molar-refractivity contribution in [3.63, 3.8) is 0 Å². The van der Waals surface area contributed by atoms with Gasteiger partial charge in [0.05, 0.1) is 5.41 Å². The first-order valence-corrected chi connectivity index (χ1v) is 4.44. The van der Waals surface area contributed by atoms with Gasteiger partial charge in [-0.3, -0.25) is 4.79 Å². The number of rotatable bonds is 1. The Kier molecular flexibility index (Phi) is 2.61. The molecular weight excluding hydrogens is 183 g/mol. The minimum absolute atomic E-state index is 0.134. The normalized spacial score (nSPS) is 31.5. The summed E-state index contributed by atoms with van der Waals surface area (Å²) >= 11 is 11.4. The van der Waals surface area contributed by atoms with Crippen LogP contribution in [0.5, 0.6) is 0 Å². The Morgan fingerprint density at radius 3 is 2.64 bits per heavy atom. The molecule has 0 aliphatic heterocycles. The number of hydrogen-bond acceptors (Lipinski definition) is 1. The second kappa shape index (κ2) is 3.16. The summed E-state index contributed by atoms with van der Waals surface area (Å²) in [5, 5.41) is 0. The fourth-order valence-electron chi connectivity index (χ4n) is 1.10. The molecule has 1 aliphatic rings. The molecule has 11 heavy (non-hydrogen) atoms. The number of allylic oxidation sites excluding steroid dienone is 2. The van der Waals surface area contributed by atoms with E-state index in [9.17, 15) is 4.79 Å². The highest BCUT2D eigenvalue weighted by atomic mass is 35.5. The highest BCUT2D eigenvalue weighted by Gasteiger charge is 2.37. The molecule has 3 heteroatoms. The van der Waals surface area contributed by atoms with E-state index in [1.54, 1.807) is 6.92 Å². The van der Waals surface area contributed by atoms with Crippen molar-refractivity contribution >= 4 is 29.0 Å². The van der Waals surface area contributed by atoms with Gasteiger partial charge in [-0.25, -0.2) is 0 Å². The first-order valence-electron chi connectivity index (χ1n) is 3.56. The summed E-state index contributed by atoms with van der Waals surface area (Å²) in [6.07, 6.45) is 5.14. The van der Waals surface area contributed by atoms with Crippen LogP contribution in [-0.2, 0) is 4.79 Å². The van der Waals surface area contributed by atoms with Gasteiger partial charge in [0.25, 0.3) is 0 Å². The Bertz CT molecular complexity index is 198. The fourth-order valence-corrected chi connectivity index (χ4v) is 1.49. The quantitative estimate of drug-likeness (QED) is 0.462. The summed E-state index contributed by atoms with van der Waals surface area (Å²) in [5.74, 6) is 0.134. The molecule has 1 aliphatic carbocycles.